The van der Waals surface area contributed by atoms with E-state index >= 15 is 0 Å². The Kier molecular flexibility index (Phi) is 57.1. The number of hydrogen-bond acceptors (Lipinski definition) is 4. The summed E-state index contributed by atoms with van der Waals surface area (Å²) in [6, 6.07) is 0.0696. The van der Waals surface area contributed by atoms with Crippen LogP contribution in [0.25, 0.3) is 0 Å². The highest BCUT2D eigenvalue weighted by molar-refractivity contribution is 5.74. The molecule has 0 saturated carbocycles. The topological polar surface area (TPSA) is 106 Å². The molecule has 0 fully saturated rings. The van der Waals surface area contributed by atoms with Crippen LogP contribution >= 0.6 is 0 Å². The van der Waals surface area contributed by atoms with E-state index < -0.39 is 0 Å². The molecular weight excluding hydrogens is 863 g/mol. The first kappa shape index (κ1) is 68.5. The van der Waals surface area contributed by atoms with E-state index in [0.717, 1.165) is 58.4 Å². The molecule has 0 aromatic rings. The molecule has 2 atom stereocenters. The van der Waals surface area contributed by atoms with E-state index in [-0.39, 0.29) is 12.1 Å². The zero-order valence-electron chi connectivity index (χ0n) is 48.0. The van der Waals surface area contributed by atoms with Crippen LogP contribution in [0, 0.1) is 11.8 Å². The molecule has 0 heterocycles. The summed E-state index contributed by atoms with van der Waals surface area (Å²) in [5.41, 5.74) is 0. The highest BCUT2D eigenvalue weighted by Crippen LogP contribution is 2.21. The first-order valence-electron chi connectivity index (χ1n) is 31.9. The van der Waals surface area contributed by atoms with E-state index in [1.165, 1.54) is 283 Å². The van der Waals surface area contributed by atoms with Crippen LogP contribution in [0.3, 0.4) is 0 Å². The number of carbonyl (C=O) groups excluding carboxylic acids is 2. The molecule has 0 aliphatic heterocycles. The molecule has 0 bridgehead atoms. The van der Waals surface area contributed by atoms with Gasteiger partial charge in [-0.3, -0.25) is 0 Å². The Bertz CT molecular complexity index is 958. The van der Waals surface area contributed by atoms with Gasteiger partial charge in [0.1, 0.15) is 0 Å². The second-order valence-electron chi connectivity index (χ2n) is 22.2. The molecule has 2 unspecified atom stereocenters. The standard InChI is InChI=1S/C62H127N5O3/c1-5-9-13-17-31-39-49-59(47-37-15-11-7-3)57-65-61(69)63-51-41-33-27-23-19-21-25-29-35-43-53-67(55-45-46-56-68)54-44-36-30-26-22-20-24-28-34-42-52-64-62(70)66-58-60(48-38-16-12-8-4)50-40-32-18-14-10-6-2/h59-60,68H,5-58H2,1-4H3,(H2,63,65,69)(H2,64,66,70). The number of urea groups is 2. The van der Waals surface area contributed by atoms with Crippen molar-refractivity contribution in [3.05, 3.63) is 0 Å². The second-order valence-corrected chi connectivity index (χ2v) is 22.2. The van der Waals surface area contributed by atoms with Crippen molar-refractivity contribution in [2.75, 3.05) is 52.4 Å². The van der Waals surface area contributed by atoms with Crippen molar-refractivity contribution in [1.29, 1.82) is 0 Å². The highest BCUT2D eigenvalue weighted by atomic mass is 16.3. The van der Waals surface area contributed by atoms with Gasteiger partial charge in [-0.2, -0.15) is 0 Å². The number of rotatable bonds is 58. The number of carbonyl (C=O) groups is 2. The first-order valence-corrected chi connectivity index (χ1v) is 31.9. The van der Waals surface area contributed by atoms with Crippen LogP contribution in [0.2, 0.25) is 0 Å². The van der Waals surface area contributed by atoms with Gasteiger partial charge in [-0.25, -0.2) is 9.59 Å². The van der Waals surface area contributed by atoms with Crippen LogP contribution in [0.4, 0.5) is 9.59 Å². The van der Waals surface area contributed by atoms with Crippen LogP contribution in [-0.4, -0.2) is 74.5 Å². The van der Waals surface area contributed by atoms with Crippen LogP contribution in [0.5, 0.6) is 0 Å². The minimum Gasteiger partial charge on any atom is -0.396 e. The molecule has 0 radical (unpaired) electrons. The highest BCUT2D eigenvalue weighted by Gasteiger charge is 2.13. The van der Waals surface area contributed by atoms with Crippen molar-refractivity contribution >= 4 is 12.1 Å². The Morgan fingerprint density at radius 2 is 0.557 bits per heavy atom. The first-order chi connectivity index (χ1) is 34.5. The molecule has 8 heteroatoms. The number of hydrogen-bond donors (Lipinski definition) is 5. The maximum absolute atomic E-state index is 12.5. The molecule has 418 valence electrons. The lowest BCUT2D eigenvalue weighted by atomic mass is 9.94. The van der Waals surface area contributed by atoms with Crippen molar-refractivity contribution in [3.63, 3.8) is 0 Å². The van der Waals surface area contributed by atoms with Gasteiger partial charge in [-0.05, 0) is 95.7 Å². The summed E-state index contributed by atoms with van der Waals surface area (Å²) >= 11 is 0. The minimum atomic E-state index is 0.0348. The van der Waals surface area contributed by atoms with Crippen LogP contribution in [0.15, 0.2) is 0 Å². The molecule has 4 amide bonds. The van der Waals surface area contributed by atoms with E-state index in [9.17, 15) is 14.7 Å². The molecule has 5 N–H and O–H groups in total. The minimum absolute atomic E-state index is 0.0348. The monoisotopic (exact) mass is 990 g/mol. The van der Waals surface area contributed by atoms with Gasteiger partial charge >= 0.3 is 12.1 Å². The summed E-state index contributed by atoms with van der Waals surface area (Å²) in [4.78, 5) is 27.7. The number of nitrogens with one attached hydrogen (secondary N) is 4. The molecule has 8 nitrogen and oxygen atoms in total. The second kappa shape index (κ2) is 58.4. The van der Waals surface area contributed by atoms with Gasteiger partial charge in [0.05, 0.1) is 0 Å². The maximum atomic E-state index is 12.5. The zero-order chi connectivity index (χ0) is 50.9. The van der Waals surface area contributed by atoms with Gasteiger partial charge in [-0.15, -0.1) is 0 Å². The quantitative estimate of drug-likeness (QED) is 0.0392. The Hall–Kier alpha value is -1.54. The van der Waals surface area contributed by atoms with Crippen LogP contribution in [0.1, 0.15) is 323 Å². The molecule has 0 aromatic carbocycles. The molecule has 70 heavy (non-hydrogen) atoms. The van der Waals surface area contributed by atoms with Gasteiger partial charge in [-0.1, -0.05) is 259 Å². The number of amides is 4. The van der Waals surface area contributed by atoms with E-state index in [1.807, 2.05) is 0 Å². The molecular formula is C62H127N5O3. The summed E-state index contributed by atoms with van der Waals surface area (Å²) in [5, 5.41) is 22.0. The average Bonchev–Trinajstić information content (AvgIpc) is 3.36. The Balaban J connectivity index is 3.90. The molecule has 0 aromatic heterocycles. The predicted octanol–water partition coefficient (Wildman–Crippen LogP) is 18.1. The summed E-state index contributed by atoms with van der Waals surface area (Å²) in [6.45, 7) is 16.3. The lowest BCUT2D eigenvalue weighted by molar-refractivity contribution is 0.234. The maximum Gasteiger partial charge on any atom is 0.314 e. The van der Waals surface area contributed by atoms with Crippen molar-refractivity contribution in [3.8, 4) is 0 Å². The zero-order valence-corrected chi connectivity index (χ0v) is 48.0. The molecule has 0 rings (SSSR count). The summed E-state index contributed by atoms with van der Waals surface area (Å²) < 4.78 is 0. The smallest absolute Gasteiger partial charge is 0.314 e. The van der Waals surface area contributed by atoms with Crippen molar-refractivity contribution in [2.24, 2.45) is 11.8 Å². The van der Waals surface area contributed by atoms with E-state index in [4.69, 9.17) is 0 Å². The fraction of sp³-hybridized carbons (Fsp3) is 0.968. The van der Waals surface area contributed by atoms with Crippen molar-refractivity contribution < 1.29 is 14.7 Å². The summed E-state index contributed by atoms with van der Waals surface area (Å²) in [7, 11) is 0. The Morgan fingerprint density at radius 3 is 0.857 bits per heavy atom. The summed E-state index contributed by atoms with van der Waals surface area (Å²) in [5.74, 6) is 1.26. The fourth-order valence-electron chi connectivity index (χ4n) is 10.4. The van der Waals surface area contributed by atoms with Gasteiger partial charge < -0.3 is 31.3 Å². The van der Waals surface area contributed by atoms with Gasteiger partial charge in [0.15, 0.2) is 0 Å². The van der Waals surface area contributed by atoms with Crippen LogP contribution in [-0.2, 0) is 0 Å². The number of unbranched alkanes of at least 4 members (excludes halogenated alkanes) is 35. The Labute approximate surface area is 438 Å². The largest absolute Gasteiger partial charge is 0.396 e. The number of aliphatic hydroxyl groups excluding tert-OH is 1. The van der Waals surface area contributed by atoms with Crippen molar-refractivity contribution in [1.82, 2.24) is 26.2 Å². The van der Waals surface area contributed by atoms with E-state index in [0.29, 0.717) is 18.4 Å². The van der Waals surface area contributed by atoms with Crippen molar-refractivity contribution in [2.45, 2.75) is 323 Å². The van der Waals surface area contributed by atoms with E-state index in [1.54, 1.807) is 0 Å². The third-order valence-electron chi connectivity index (χ3n) is 15.2. The number of aliphatic hydroxyl groups is 1. The SMILES string of the molecule is CCCCCCCCC(CCCCCC)CNC(=O)NCCCCCCCCCCCCN(CCCCO)CCCCCCCCCCCCNC(=O)NCC(CCCCCC)CCCCCCCC. The number of nitrogens with zero attached hydrogens (tertiary/aromatic N) is 1. The lowest BCUT2D eigenvalue weighted by Crippen LogP contribution is -2.38. The van der Waals surface area contributed by atoms with Gasteiger partial charge in [0.2, 0.25) is 0 Å². The predicted molar refractivity (Wildman–Crippen MR) is 308 cm³/mol. The van der Waals surface area contributed by atoms with Gasteiger partial charge in [0, 0.05) is 32.8 Å². The fourth-order valence-corrected chi connectivity index (χ4v) is 10.4. The molecule has 0 aliphatic carbocycles. The summed E-state index contributed by atoms with van der Waals surface area (Å²) in [6.07, 6.45) is 59.6. The van der Waals surface area contributed by atoms with Gasteiger partial charge in [0.25, 0.3) is 0 Å². The third kappa shape index (κ3) is 52.8. The van der Waals surface area contributed by atoms with Crippen LogP contribution < -0.4 is 21.3 Å². The third-order valence-corrected chi connectivity index (χ3v) is 15.2. The van der Waals surface area contributed by atoms with E-state index in [2.05, 4.69) is 53.9 Å². The molecule has 0 spiro atoms. The normalized spacial score (nSPS) is 12.4. The molecule has 0 saturated heterocycles. The molecule has 0 aliphatic rings. The average molecular weight is 991 g/mol. The lowest BCUT2D eigenvalue weighted by Gasteiger charge is -2.22. The Morgan fingerprint density at radius 1 is 0.314 bits per heavy atom.